The highest BCUT2D eigenvalue weighted by atomic mass is 32.1. The largest absolute Gasteiger partial charge is 0.362 e. The van der Waals surface area contributed by atoms with Crippen molar-refractivity contribution in [3.8, 4) is 0 Å². The standard InChI is InChI=1S/C17H28N2S/c1-16(2,3)13-17(4,5)19-15(20)18-12-11-14-9-7-6-8-10-14/h6-10H,11-13H2,1-5H3,(H2,18,19,20). The second-order valence-electron chi connectivity index (χ2n) is 7.24. The molecule has 0 radical (unpaired) electrons. The zero-order valence-electron chi connectivity index (χ0n) is 13.4. The molecule has 0 amide bonds. The third kappa shape index (κ3) is 7.49. The van der Waals surface area contributed by atoms with E-state index in [1.165, 1.54) is 5.56 Å². The molecule has 20 heavy (non-hydrogen) atoms. The summed E-state index contributed by atoms with van der Waals surface area (Å²) in [5.41, 5.74) is 1.63. The summed E-state index contributed by atoms with van der Waals surface area (Å²) in [6, 6.07) is 10.5. The molecule has 3 heteroatoms. The highest BCUT2D eigenvalue weighted by Gasteiger charge is 2.25. The van der Waals surface area contributed by atoms with Crippen LogP contribution in [0.3, 0.4) is 0 Å². The molecule has 2 nitrogen and oxygen atoms in total. The van der Waals surface area contributed by atoms with Crippen LogP contribution in [-0.4, -0.2) is 17.2 Å². The number of thiocarbonyl (C=S) groups is 1. The van der Waals surface area contributed by atoms with Gasteiger partial charge in [0.2, 0.25) is 0 Å². The Hall–Kier alpha value is -1.09. The minimum atomic E-state index is 0.00901. The Morgan fingerprint density at radius 2 is 1.65 bits per heavy atom. The fourth-order valence-electron chi connectivity index (χ4n) is 2.69. The zero-order valence-corrected chi connectivity index (χ0v) is 14.2. The summed E-state index contributed by atoms with van der Waals surface area (Å²) in [6.07, 6.45) is 2.06. The number of hydrogen-bond donors (Lipinski definition) is 2. The van der Waals surface area contributed by atoms with Gasteiger partial charge in [0.05, 0.1) is 0 Å². The van der Waals surface area contributed by atoms with E-state index in [2.05, 4.69) is 69.5 Å². The second kappa shape index (κ2) is 7.07. The normalized spacial score (nSPS) is 12.1. The van der Waals surface area contributed by atoms with Gasteiger partial charge in [-0.15, -0.1) is 0 Å². The lowest BCUT2D eigenvalue weighted by molar-refractivity contribution is 0.266. The molecule has 0 fully saturated rings. The maximum absolute atomic E-state index is 5.38. The molecule has 0 atom stereocenters. The fraction of sp³-hybridized carbons (Fsp3) is 0.588. The lowest BCUT2D eigenvalue weighted by Crippen LogP contribution is -2.50. The minimum Gasteiger partial charge on any atom is -0.362 e. The van der Waals surface area contributed by atoms with Crippen LogP contribution in [0.5, 0.6) is 0 Å². The van der Waals surface area contributed by atoms with Crippen molar-refractivity contribution < 1.29 is 0 Å². The van der Waals surface area contributed by atoms with Gasteiger partial charge in [-0.05, 0) is 49.9 Å². The molecule has 0 heterocycles. The molecule has 1 rings (SSSR count). The van der Waals surface area contributed by atoms with E-state index in [0.717, 1.165) is 24.5 Å². The van der Waals surface area contributed by atoms with Gasteiger partial charge in [0.25, 0.3) is 0 Å². The summed E-state index contributed by atoms with van der Waals surface area (Å²) in [5, 5.41) is 7.46. The molecule has 0 aromatic heterocycles. The van der Waals surface area contributed by atoms with Gasteiger partial charge in [-0.2, -0.15) is 0 Å². The molecule has 1 aromatic rings. The molecule has 0 aliphatic rings. The molecule has 112 valence electrons. The van der Waals surface area contributed by atoms with Gasteiger partial charge >= 0.3 is 0 Å². The van der Waals surface area contributed by atoms with Crippen molar-refractivity contribution >= 4 is 17.3 Å². The molecule has 0 aliphatic carbocycles. The summed E-state index contributed by atoms with van der Waals surface area (Å²) >= 11 is 5.38. The molecule has 0 unspecified atom stereocenters. The molecule has 0 bridgehead atoms. The summed E-state index contributed by atoms with van der Waals surface area (Å²) in [4.78, 5) is 0. The van der Waals surface area contributed by atoms with E-state index in [-0.39, 0.29) is 11.0 Å². The maximum atomic E-state index is 5.38. The monoisotopic (exact) mass is 292 g/mol. The minimum absolute atomic E-state index is 0.00901. The van der Waals surface area contributed by atoms with Crippen LogP contribution in [0.2, 0.25) is 0 Å². The van der Waals surface area contributed by atoms with Crippen LogP contribution < -0.4 is 10.6 Å². The number of nitrogens with one attached hydrogen (secondary N) is 2. The van der Waals surface area contributed by atoms with Gasteiger partial charge in [-0.1, -0.05) is 51.1 Å². The van der Waals surface area contributed by atoms with Crippen molar-refractivity contribution in [1.82, 2.24) is 10.6 Å². The van der Waals surface area contributed by atoms with Gasteiger partial charge in [0, 0.05) is 12.1 Å². The summed E-state index contributed by atoms with van der Waals surface area (Å²) in [6.45, 7) is 12.0. The van der Waals surface area contributed by atoms with Crippen molar-refractivity contribution in [2.45, 2.75) is 53.0 Å². The van der Waals surface area contributed by atoms with E-state index in [9.17, 15) is 0 Å². The van der Waals surface area contributed by atoms with E-state index in [4.69, 9.17) is 12.2 Å². The van der Waals surface area contributed by atoms with Gasteiger partial charge < -0.3 is 10.6 Å². The third-order valence-electron chi connectivity index (χ3n) is 2.97. The first kappa shape index (κ1) is 17.0. The Morgan fingerprint density at radius 3 is 2.20 bits per heavy atom. The summed E-state index contributed by atoms with van der Waals surface area (Å²) < 4.78 is 0. The van der Waals surface area contributed by atoms with Crippen molar-refractivity contribution in [3.63, 3.8) is 0 Å². The molecule has 1 aromatic carbocycles. The Morgan fingerprint density at radius 1 is 1.05 bits per heavy atom. The highest BCUT2D eigenvalue weighted by molar-refractivity contribution is 7.80. The van der Waals surface area contributed by atoms with Gasteiger partial charge in [0.15, 0.2) is 5.11 Å². The Labute approximate surface area is 129 Å². The number of benzene rings is 1. The first-order chi connectivity index (χ1) is 9.18. The predicted molar refractivity (Wildman–Crippen MR) is 92.0 cm³/mol. The van der Waals surface area contributed by atoms with Crippen LogP contribution in [0.1, 0.15) is 46.6 Å². The number of hydrogen-bond acceptors (Lipinski definition) is 1. The molecular weight excluding hydrogens is 264 g/mol. The van der Waals surface area contributed by atoms with E-state index in [0.29, 0.717) is 0 Å². The summed E-state index contributed by atoms with van der Waals surface area (Å²) in [7, 11) is 0. The van der Waals surface area contributed by atoms with Crippen molar-refractivity contribution in [2.75, 3.05) is 6.54 Å². The van der Waals surface area contributed by atoms with Crippen molar-refractivity contribution in [1.29, 1.82) is 0 Å². The molecule has 2 N–H and O–H groups in total. The smallest absolute Gasteiger partial charge is 0.166 e. The lowest BCUT2D eigenvalue weighted by atomic mass is 9.82. The Kier molecular flexibility index (Phi) is 6.00. The van der Waals surface area contributed by atoms with E-state index < -0.39 is 0 Å². The van der Waals surface area contributed by atoms with E-state index in [1.807, 2.05) is 6.07 Å². The fourth-order valence-corrected chi connectivity index (χ4v) is 3.06. The van der Waals surface area contributed by atoms with Crippen LogP contribution in [-0.2, 0) is 6.42 Å². The summed E-state index contributed by atoms with van der Waals surface area (Å²) in [5.74, 6) is 0. The van der Waals surface area contributed by atoms with Gasteiger partial charge in [0.1, 0.15) is 0 Å². The van der Waals surface area contributed by atoms with Gasteiger partial charge in [-0.3, -0.25) is 0 Å². The molecule has 0 aliphatic heterocycles. The van der Waals surface area contributed by atoms with E-state index in [1.54, 1.807) is 0 Å². The third-order valence-corrected chi connectivity index (χ3v) is 3.21. The topological polar surface area (TPSA) is 24.1 Å². The van der Waals surface area contributed by atoms with Crippen molar-refractivity contribution in [2.24, 2.45) is 5.41 Å². The molecule has 0 spiro atoms. The molecule has 0 saturated carbocycles. The highest BCUT2D eigenvalue weighted by Crippen LogP contribution is 2.26. The van der Waals surface area contributed by atoms with E-state index >= 15 is 0 Å². The van der Waals surface area contributed by atoms with Crippen LogP contribution in [0.15, 0.2) is 30.3 Å². The predicted octanol–water partition coefficient (Wildman–Crippen LogP) is 3.91. The average Bonchev–Trinajstić information content (AvgIpc) is 2.26. The van der Waals surface area contributed by atoms with Gasteiger partial charge in [-0.25, -0.2) is 0 Å². The van der Waals surface area contributed by atoms with Crippen LogP contribution in [0, 0.1) is 5.41 Å². The maximum Gasteiger partial charge on any atom is 0.166 e. The first-order valence-corrected chi connectivity index (χ1v) is 7.69. The lowest BCUT2D eigenvalue weighted by Gasteiger charge is -2.34. The SMILES string of the molecule is CC(C)(C)CC(C)(C)NC(=S)NCCc1ccccc1. The molecule has 0 saturated heterocycles. The first-order valence-electron chi connectivity index (χ1n) is 7.28. The average molecular weight is 292 g/mol. The van der Waals surface area contributed by atoms with Crippen LogP contribution in [0.25, 0.3) is 0 Å². The number of rotatable bonds is 5. The van der Waals surface area contributed by atoms with Crippen molar-refractivity contribution in [3.05, 3.63) is 35.9 Å². The zero-order chi connectivity index (χ0) is 15.2. The van der Waals surface area contributed by atoms with Crippen LogP contribution >= 0.6 is 12.2 Å². The Balaban J connectivity index is 2.33. The van der Waals surface area contributed by atoms with Crippen LogP contribution in [0.4, 0.5) is 0 Å². The second-order valence-corrected chi connectivity index (χ2v) is 7.65. The quantitative estimate of drug-likeness (QED) is 0.805. The molecular formula is C17H28N2S. The Bertz CT molecular complexity index is 418.